The maximum absolute atomic E-state index is 5.84. The van der Waals surface area contributed by atoms with Crippen molar-refractivity contribution in [3.05, 3.63) is 65.5 Å². The zero-order valence-corrected chi connectivity index (χ0v) is 10.5. The molecule has 3 rings (SSSR count). The van der Waals surface area contributed by atoms with Crippen LogP contribution < -0.4 is 10.2 Å². The Kier molecular flexibility index (Phi) is 3.31. The highest BCUT2D eigenvalue weighted by atomic mass is 35.5. The number of hydroxylamine groups is 1. The number of ether oxygens (including phenoxy) is 1. The van der Waals surface area contributed by atoms with Gasteiger partial charge in [0, 0.05) is 11.1 Å². The van der Waals surface area contributed by atoms with E-state index in [1.807, 2.05) is 30.3 Å². The van der Waals surface area contributed by atoms with E-state index in [0.717, 1.165) is 5.56 Å². The molecule has 0 bridgehead atoms. The third-order valence-corrected chi connectivity index (χ3v) is 2.80. The first-order valence-corrected chi connectivity index (χ1v) is 6.01. The zero-order valence-electron chi connectivity index (χ0n) is 9.79. The smallest absolute Gasteiger partial charge is 0.216 e. The maximum Gasteiger partial charge on any atom is 0.216 e. The van der Waals surface area contributed by atoms with Gasteiger partial charge in [0.05, 0.1) is 12.4 Å². The van der Waals surface area contributed by atoms with Crippen LogP contribution in [0.1, 0.15) is 11.7 Å². The monoisotopic (exact) mass is 275 g/mol. The topological polar surface area (TPSA) is 56.3 Å². The van der Waals surface area contributed by atoms with Crippen LogP contribution in [-0.2, 0) is 4.84 Å². The Morgan fingerprint density at radius 3 is 2.63 bits per heavy atom. The summed E-state index contributed by atoms with van der Waals surface area (Å²) < 4.78 is 5.52. The Bertz CT molecular complexity index is 587. The molecule has 2 heterocycles. The van der Waals surface area contributed by atoms with Gasteiger partial charge in [-0.25, -0.2) is 15.4 Å². The summed E-state index contributed by atoms with van der Waals surface area (Å²) in [5.41, 5.74) is 3.70. The first-order valence-electron chi connectivity index (χ1n) is 5.63. The highest BCUT2D eigenvalue weighted by Gasteiger charge is 2.19. The molecule has 0 unspecified atom stereocenters. The standard InChI is InChI=1S/C13H10ClN3O2/c14-10-3-1-9(2-4-10)12-5-13(17-19-12)18-11-6-15-8-16-7-11/h1-8,12,17H/t12-/m1/s1. The fourth-order valence-corrected chi connectivity index (χ4v) is 1.79. The lowest BCUT2D eigenvalue weighted by molar-refractivity contribution is 0.0273. The van der Waals surface area contributed by atoms with Crippen molar-refractivity contribution in [2.45, 2.75) is 6.10 Å². The summed E-state index contributed by atoms with van der Waals surface area (Å²) in [6.45, 7) is 0. The van der Waals surface area contributed by atoms with E-state index in [0.29, 0.717) is 16.7 Å². The second-order valence-corrected chi connectivity index (χ2v) is 4.34. The van der Waals surface area contributed by atoms with Crippen molar-refractivity contribution in [1.29, 1.82) is 0 Å². The number of hydrogen-bond donors (Lipinski definition) is 1. The third kappa shape index (κ3) is 2.83. The van der Waals surface area contributed by atoms with E-state index in [1.165, 1.54) is 6.33 Å². The highest BCUT2D eigenvalue weighted by molar-refractivity contribution is 6.30. The van der Waals surface area contributed by atoms with E-state index in [4.69, 9.17) is 21.2 Å². The summed E-state index contributed by atoms with van der Waals surface area (Å²) in [7, 11) is 0. The summed E-state index contributed by atoms with van der Waals surface area (Å²) in [6, 6.07) is 7.44. The second-order valence-electron chi connectivity index (χ2n) is 3.90. The lowest BCUT2D eigenvalue weighted by atomic mass is 10.1. The quantitative estimate of drug-likeness (QED) is 0.933. The predicted molar refractivity (Wildman–Crippen MR) is 69.2 cm³/mol. The molecule has 0 aliphatic carbocycles. The molecule has 0 fully saturated rings. The molecule has 1 aromatic carbocycles. The Balaban J connectivity index is 1.72. The van der Waals surface area contributed by atoms with Gasteiger partial charge in [0.2, 0.25) is 5.88 Å². The number of nitrogens with one attached hydrogen (secondary N) is 1. The van der Waals surface area contributed by atoms with Crippen molar-refractivity contribution in [3.8, 4) is 5.75 Å². The number of benzene rings is 1. The molecule has 1 atom stereocenters. The normalized spacial score (nSPS) is 17.7. The van der Waals surface area contributed by atoms with Crippen LogP contribution in [0.15, 0.2) is 54.9 Å². The van der Waals surface area contributed by atoms with Gasteiger partial charge in [0.25, 0.3) is 0 Å². The summed E-state index contributed by atoms with van der Waals surface area (Å²) in [5.74, 6) is 1.05. The fourth-order valence-electron chi connectivity index (χ4n) is 1.66. The molecule has 1 aromatic heterocycles. The van der Waals surface area contributed by atoms with Gasteiger partial charge in [-0.05, 0) is 17.7 Å². The van der Waals surface area contributed by atoms with Gasteiger partial charge < -0.3 is 4.74 Å². The lowest BCUT2D eigenvalue weighted by Crippen LogP contribution is -2.12. The minimum atomic E-state index is -0.211. The van der Waals surface area contributed by atoms with Crippen LogP contribution >= 0.6 is 11.6 Å². The highest BCUT2D eigenvalue weighted by Crippen LogP contribution is 2.26. The summed E-state index contributed by atoms with van der Waals surface area (Å²) in [6.07, 6.45) is 6.21. The zero-order chi connectivity index (χ0) is 13.1. The number of nitrogens with zero attached hydrogens (tertiary/aromatic N) is 2. The molecule has 0 saturated heterocycles. The molecule has 1 aliphatic heterocycles. The van der Waals surface area contributed by atoms with Gasteiger partial charge in [-0.2, -0.15) is 0 Å². The van der Waals surface area contributed by atoms with Crippen molar-refractivity contribution < 1.29 is 9.57 Å². The minimum absolute atomic E-state index is 0.211. The van der Waals surface area contributed by atoms with E-state index >= 15 is 0 Å². The molecule has 0 amide bonds. The third-order valence-electron chi connectivity index (χ3n) is 2.55. The molecular formula is C13H10ClN3O2. The molecule has 0 saturated carbocycles. The van der Waals surface area contributed by atoms with Gasteiger partial charge in [-0.15, -0.1) is 0 Å². The molecule has 6 heteroatoms. The number of halogens is 1. The number of hydrogen-bond acceptors (Lipinski definition) is 5. The molecule has 1 N–H and O–H groups in total. The van der Waals surface area contributed by atoms with Crippen molar-refractivity contribution >= 4 is 11.6 Å². The van der Waals surface area contributed by atoms with Gasteiger partial charge in [0.15, 0.2) is 5.75 Å². The predicted octanol–water partition coefficient (Wildman–Crippen LogP) is 2.63. The van der Waals surface area contributed by atoms with Crippen molar-refractivity contribution in [3.63, 3.8) is 0 Å². The maximum atomic E-state index is 5.84. The van der Waals surface area contributed by atoms with E-state index in [1.54, 1.807) is 12.4 Å². The van der Waals surface area contributed by atoms with Crippen LogP contribution in [0.4, 0.5) is 0 Å². The average molecular weight is 276 g/mol. The van der Waals surface area contributed by atoms with Crippen LogP contribution in [0.25, 0.3) is 0 Å². The molecule has 0 spiro atoms. The van der Waals surface area contributed by atoms with Gasteiger partial charge in [0.1, 0.15) is 12.4 Å². The van der Waals surface area contributed by atoms with Crippen molar-refractivity contribution in [2.75, 3.05) is 0 Å². The largest absolute Gasteiger partial charge is 0.436 e. The molecule has 96 valence electrons. The summed E-state index contributed by atoms with van der Waals surface area (Å²) in [5, 5.41) is 0.691. The SMILES string of the molecule is Clc1ccc([C@H]2C=C(Oc3cncnc3)NO2)cc1. The lowest BCUT2D eigenvalue weighted by Gasteiger charge is -2.07. The molecular weight excluding hydrogens is 266 g/mol. The number of rotatable bonds is 3. The average Bonchev–Trinajstić information content (AvgIpc) is 2.89. The van der Waals surface area contributed by atoms with E-state index in [-0.39, 0.29) is 6.10 Å². The summed E-state index contributed by atoms with van der Waals surface area (Å²) >= 11 is 5.84. The van der Waals surface area contributed by atoms with E-state index in [9.17, 15) is 0 Å². The number of aromatic nitrogens is 2. The molecule has 19 heavy (non-hydrogen) atoms. The van der Waals surface area contributed by atoms with Crippen LogP contribution in [0.5, 0.6) is 5.75 Å². The fraction of sp³-hybridized carbons (Fsp3) is 0.0769. The Hall–Kier alpha value is -2.11. The van der Waals surface area contributed by atoms with E-state index in [2.05, 4.69) is 15.4 Å². The van der Waals surface area contributed by atoms with Gasteiger partial charge >= 0.3 is 0 Å². The van der Waals surface area contributed by atoms with Crippen LogP contribution in [-0.4, -0.2) is 9.97 Å². The van der Waals surface area contributed by atoms with Crippen LogP contribution in [0.2, 0.25) is 5.02 Å². The first-order chi connectivity index (χ1) is 9.31. The second kappa shape index (κ2) is 5.26. The molecule has 2 aromatic rings. The molecule has 1 aliphatic rings. The summed E-state index contributed by atoms with van der Waals surface area (Å²) in [4.78, 5) is 13.1. The van der Waals surface area contributed by atoms with Crippen molar-refractivity contribution in [2.24, 2.45) is 0 Å². The molecule has 5 nitrogen and oxygen atoms in total. The van der Waals surface area contributed by atoms with Gasteiger partial charge in [-0.3, -0.25) is 4.84 Å². The molecule has 0 radical (unpaired) electrons. The first kappa shape index (κ1) is 12.0. The van der Waals surface area contributed by atoms with Crippen LogP contribution in [0, 0.1) is 0 Å². The Labute approximate surface area is 114 Å². The Morgan fingerprint density at radius 1 is 1.16 bits per heavy atom. The van der Waals surface area contributed by atoms with E-state index < -0.39 is 0 Å². The van der Waals surface area contributed by atoms with Crippen molar-refractivity contribution in [1.82, 2.24) is 15.4 Å². The van der Waals surface area contributed by atoms with Crippen LogP contribution in [0.3, 0.4) is 0 Å². The van der Waals surface area contributed by atoms with Gasteiger partial charge in [-0.1, -0.05) is 23.7 Å². The Morgan fingerprint density at radius 2 is 1.89 bits per heavy atom. The minimum Gasteiger partial charge on any atom is -0.436 e.